The molecule has 1 radical (unpaired) electrons. The minimum atomic E-state index is 0.375. The Morgan fingerprint density at radius 3 is 2.20 bits per heavy atom. The van der Waals surface area contributed by atoms with E-state index < -0.39 is 0 Å². The largest absolute Gasteiger partial charge is 0.0651 e. The van der Waals surface area contributed by atoms with Gasteiger partial charge in [-0.25, -0.2) is 0 Å². The molecule has 0 fully saturated rings. The SMILES string of the molecule is CC(C)(C)C(CCC[SiH2])c1ccccc1. The molecule has 0 heterocycles. The molecule has 0 saturated carbocycles. The van der Waals surface area contributed by atoms with Crippen LogP contribution >= 0.6 is 0 Å². The third-order valence-electron chi connectivity index (χ3n) is 2.99. The minimum absolute atomic E-state index is 0.375. The van der Waals surface area contributed by atoms with Gasteiger partial charge in [0.05, 0.1) is 0 Å². The van der Waals surface area contributed by atoms with Crippen LogP contribution in [0.1, 0.15) is 45.1 Å². The van der Waals surface area contributed by atoms with Crippen LogP contribution in [0, 0.1) is 5.41 Å². The molecule has 0 aliphatic rings. The Kier molecular flexibility index (Phi) is 4.59. The zero-order chi connectivity index (χ0) is 11.3. The molecule has 0 aromatic heterocycles. The lowest BCUT2D eigenvalue weighted by Crippen LogP contribution is -2.18. The molecular weight excluding hydrogens is 196 g/mol. The monoisotopic (exact) mass is 219 g/mol. The standard InChI is InChI=1S/C14H23Si/c1-14(2,3)13(10-7-11-15)12-8-5-4-6-9-12/h4-6,8-9,13H,7,10-11,15H2,1-3H3. The topological polar surface area (TPSA) is 0 Å². The molecule has 0 amide bonds. The van der Waals surface area contributed by atoms with Crippen molar-refractivity contribution in [3.05, 3.63) is 35.9 Å². The quantitative estimate of drug-likeness (QED) is 0.678. The first-order chi connectivity index (χ1) is 7.05. The van der Waals surface area contributed by atoms with Gasteiger partial charge >= 0.3 is 0 Å². The summed E-state index contributed by atoms with van der Waals surface area (Å²) in [6.07, 6.45) is 2.66. The van der Waals surface area contributed by atoms with Crippen LogP contribution in [0.5, 0.6) is 0 Å². The maximum absolute atomic E-state index is 2.35. The van der Waals surface area contributed by atoms with Crippen molar-refractivity contribution in [3.8, 4) is 0 Å². The Balaban J connectivity index is 2.82. The van der Waals surface area contributed by atoms with Crippen molar-refractivity contribution in [1.82, 2.24) is 0 Å². The van der Waals surface area contributed by atoms with Gasteiger partial charge in [-0.05, 0) is 23.3 Å². The van der Waals surface area contributed by atoms with Crippen molar-refractivity contribution >= 4 is 10.2 Å². The van der Waals surface area contributed by atoms with Crippen molar-refractivity contribution < 1.29 is 0 Å². The molecule has 0 bridgehead atoms. The van der Waals surface area contributed by atoms with Crippen LogP contribution in [-0.2, 0) is 0 Å². The summed E-state index contributed by atoms with van der Waals surface area (Å²) < 4.78 is 0. The van der Waals surface area contributed by atoms with E-state index in [9.17, 15) is 0 Å². The van der Waals surface area contributed by atoms with Gasteiger partial charge in [0, 0.05) is 10.2 Å². The van der Waals surface area contributed by atoms with Gasteiger partial charge in [-0.2, -0.15) is 0 Å². The van der Waals surface area contributed by atoms with Crippen molar-refractivity contribution in [2.24, 2.45) is 5.41 Å². The van der Waals surface area contributed by atoms with Gasteiger partial charge in [-0.15, -0.1) is 0 Å². The summed E-state index contributed by atoms with van der Waals surface area (Å²) in [5, 5.41) is 0. The van der Waals surface area contributed by atoms with Crippen LogP contribution in [0.15, 0.2) is 30.3 Å². The van der Waals surface area contributed by atoms with E-state index in [-0.39, 0.29) is 0 Å². The Labute approximate surface area is 97.5 Å². The second kappa shape index (κ2) is 5.50. The van der Waals surface area contributed by atoms with E-state index in [1.54, 1.807) is 0 Å². The molecular formula is C14H23Si. The number of hydrogen-bond donors (Lipinski definition) is 0. The van der Waals surface area contributed by atoms with E-state index in [0.29, 0.717) is 11.3 Å². The Bertz CT molecular complexity index is 271. The summed E-state index contributed by atoms with van der Waals surface area (Å²) in [5.74, 6) is 0.698. The molecule has 0 aliphatic heterocycles. The molecule has 0 nitrogen and oxygen atoms in total. The van der Waals surface area contributed by atoms with E-state index in [1.807, 2.05) is 0 Å². The van der Waals surface area contributed by atoms with Gasteiger partial charge in [0.15, 0.2) is 0 Å². The van der Waals surface area contributed by atoms with E-state index in [1.165, 1.54) is 24.4 Å². The molecule has 1 rings (SSSR count). The highest BCUT2D eigenvalue weighted by Gasteiger charge is 2.25. The molecule has 0 saturated heterocycles. The highest BCUT2D eigenvalue weighted by molar-refractivity contribution is 6.08. The molecule has 1 unspecified atom stereocenters. The first-order valence-corrected chi connectivity index (χ1v) is 6.90. The average molecular weight is 219 g/mol. The molecule has 1 aromatic carbocycles. The maximum Gasteiger partial charge on any atom is 0.00797 e. The molecule has 15 heavy (non-hydrogen) atoms. The molecule has 1 atom stereocenters. The van der Waals surface area contributed by atoms with Crippen LogP contribution in [0.3, 0.4) is 0 Å². The molecule has 83 valence electrons. The first kappa shape index (κ1) is 12.5. The van der Waals surface area contributed by atoms with E-state index in [2.05, 4.69) is 61.3 Å². The summed E-state index contributed by atoms with van der Waals surface area (Å²) >= 11 is 0. The predicted octanol–water partition coefficient (Wildman–Crippen LogP) is 3.65. The van der Waals surface area contributed by atoms with E-state index >= 15 is 0 Å². The van der Waals surface area contributed by atoms with Crippen LogP contribution < -0.4 is 0 Å². The van der Waals surface area contributed by atoms with Crippen LogP contribution in [0.25, 0.3) is 0 Å². The van der Waals surface area contributed by atoms with Crippen molar-refractivity contribution in [3.63, 3.8) is 0 Å². The first-order valence-electron chi connectivity index (χ1n) is 5.90. The minimum Gasteiger partial charge on any atom is -0.0651 e. The third kappa shape index (κ3) is 3.82. The smallest absolute Gasteiger partial charge is 0.00797 e. The molecule has 1 aromatic rings. The summed E-state index contributed by atoms with van der Waals surface area (Å²) in [4.78, 5) is 0. The van der Waals surface area contributed by atoms with Crippen molar-refractivity contribution in [1.29, 1.82) is 0 Å². The lowest BCUT2D eigenvalue weighted by atomic mass is 9.74. The van der Waals surface area contributed by atoms with Crippen molar-refractivity contribution in [2.45, 2.75) is 45.6 Å². The molecule has 0 aliphatic carbocycles. The van der Waals surface area contributed by atoms with Gasteiger partial charge in [0.1, 0.15) is 0 Å². The second-order valence-electron chi connectivity index (χ2n) is 5.33. The highest BCUT2D eigenvalue weighted by atomic mass is 28.1. The van der Waals surface area contributed by atoms with Crippen LogP contribution in [0.4, 0.5) is 0 Å². The third-order valence-corrected chi connectivity index (χ3v) is 3.49. The molecule has 1 heteroatoms. The lowest BCUT2D eigenvalue weighted by Gasteiger charge is -2.31. The van der Waals surface area contributed by atoms with Gasteiger partial charge < -0.3 is 0 Å². The van der Waals surface area contributed by atoms with E-state index in [0.717, 1.165) is 0 Å². The predicted molar refractivity (Wildman–Crippen MR) is 71.2 cm³/mol. The van der Waals surface area contributed by atoms with Gasteiger partial charge in [-0.1, -0.05) is 63.6 Å². The van der Waals surface area contributed by atoms with Gasteiger partial charge in [0.2, 0.25) is 0 Å². The Morgan fingerprint density at radius 2 is 1.73 bits per heavy atom. The summed E-state index contributed by atoms with van der Waals surface area (Å²) in [6, 6.07) is 12.3. The van der Waals surface area contributed by atoms with Crippen LogP contribution in [-0.4, -0.2) is 10.2 Å². The lowest BCUT2D eigenvalue weighted by molar-refractivity contribution is 0.303. The summed E-state index contributed by atoms with van der Waals surface area (Å²) in [5.41, 5.74) is 1.88. The fourth-order valence-electron chi connectivity index (χ4n) is 2.13. The Hall–Kier alpha value is -0.563. The van der Waals surface area contributed by atoms with Crippen molar-refractivity contribution in [2.75, 3.05) is 0 Å². The second-order valence-corrected chi connectivity index (χ2v) is 6.03. The Morgan fingerprint density at radius 1 is 1.13 bits per heavy atom. The zero-order valence-corrected chi connectivity index (χ0v) is 11.7. The fraction of sp³-hybridized carbons (Fsp3) is 0.571. The number of benzene rings is 1. The highest BCUT2D eigenvalue weighted by Crippen LogP contribution is 2.38. The zero-order valence-electron chi connectivity index (χ0n) is 10.3. The molecule has 0 N–H and O–H groups in total. The maximum atomic E-state index is 2.35. The molecule has 0 spiro atoms. The number of rotatable bonds is 4. The number of hydrogen-bond acceptors (Lipinski definition) is 0. The van der Waals surface area contributed by atoms with Crippen LogP contribution in [0.2, 0.25) is 6.04 Å². The normalized spacial score (nSPS) is 13.9. The van der Waals surface area contributed by atoms with Gasteiger partial charge in [0.25, 0.3) is 0 Å². The average Bonchev–Trinajstić information content (AvgIpc) is 2.18. The summed E-state index contributed by atoms with van der Waals surface area (Å²) in [6.45, 7) is 7.05. The fourth-order valence-corrected chi connectivity index (χ4v) is 2.42. The van der Waals surface area contributed by atoms with Gasteiger partial charge in [-0.3, -0.25) is 0 Å². The van der Waals surface area contributed by atoms with E-state index in [4.69, 9.17) is 0 Å². The summed E-state index contributed by atoms with van der Waals surface area (Å²) in [7, 11) is 2.08.